The third kappa shape index (κ3) is 6.76. The van der Waals surface area contributed by atoms with Gasteiger partial charge >= 0.3 is 0 Å². The number of sulfonamides is 2. The second-order valence-corrected chi connectivity index (χ2v) is 14.4. The van der Waals surface area contributed by atoms with Crippen LogP contribution in [0.2, 0.25) is 0 Å². The first kappa shape index (κ1) is 29.4. The molecule has 0 aliphatic carbocycles. The fourth-order valence-corrected chi connectivity index (χ4v) is 7.51. The summed E-state index contributed by atoms with van der Waals surface area (Å²) in [5.74, 6) is 0.350. The standard InChI is InChI=1S/C25H34BrN3O7S2/c1-18-6-7-23(13-24(18)26)38(33,34)29-10-8-25(9-11-29)14-19(16-36-25)28-15-20(30)17-35-21-4-3-5-22(12-21)37(31,32)27-2/h3-7,12-13,19-20,27-28,30H,8-11,14-17H2,1-2H3/t19?,20-/m0/s1. The number of benzene rings is 2. The zero-order chi connectivity index (χ0) is 27.6. The van der Waals surface area contributed by atoms with Crippen molar-refractivity contribution in [1.82, 2.24) is 14.3 Å². The second-order valence-electron chi connectivity index (χ2n) is 9.77. The van der Waals surface area contributed by atoms with Gasteiger partial charge < -0.3 is 19.9 Å². The van der Waals surface area contributed by atoms with Crippen molar-refractivity contribution in [3.05, 3.63) is 52.5 Å². The van der Waals surface area contributed by atoms with E-state index in [1.54, 1.807) is 30.3 Å². The number of hydrogen-bond acceptors (Lipinski definition) is 8. The van der Waals surface area contributed by atoms with E-state index in [9.17, 15) is 21.9 Å². The van der Waals surface area contributed by atoms with Gasteiger partial charge in [-0.25, -0.2) is 21.6 Å². The second kappa shape index (κ2) is 11.9. The summed E-state index contributed by atoms with van der Waals surface area (Å²) in [5.41, 5.74) is 0.600. The number of nitrogens with zero attached hydrogens (tertiary/aromatic N) is 1. The number of rotatable bonds is 10. The molecule has 0 saturated carbocycles. The normalized spacial score (nSPS) is 21.0. The number of ether oxygens (including phenoxy) is 2. The lowest BCUT2D eigenvalue weighted by Gasteiger charge is -2.38. The highest BCUT2D eigenvalue weighted by Gasteiger charge is 2.44. The van der Waals surface area contributed by atoms with Crippen LogP contribution >= 0.6 is 15.9 Å². The number of aliphatic hydroxyl groups is 1. The largest absolute Gasteiger partial charge is 0.491 e. The van der Waals surface area contributed by atoms with Gasteiger partial charge in [0.05, 0.1) is 22.0 Å². The van der Waals surface area contributed by atoms with Crippen LogP contribution in [0.4, 0.5) is 0 Å². The van der Waals surface area contributed by atoms with Crippen molar-refractivity contribution in [2.75, 3.05) is 39.9 Å². The SMILES string of the molecule is CNS(=O)(=O)c1cccc(OC[C@@H](O)CNC2COC3(CCN(S(=O)(=O)c4ccc(C)c(Br)c4)CC3)C2)c1. The Morgan fingerprint density at radius 1 is 1.16 bits per heavy atom. The molecule has 13 heteroatoms. The van der Waals surface area contributed by atoms with Gasteiger partial charge in [-0.2, -0.15) is 4.31 Å². The molecule has 10 nitrogen and oxygen atoms in total. The summed E-state index contributed by atoms with van der Waals surface area (Å²) >= 11 is 3.42. The Balaban J connectivity index is 1.23. The molecular weight excluding hydrogens is 598 g/mol. The Kier molecular flexibility index (Phi) is 9.20. The van der Waals surface area contributed by atoms with Gasteiger partial charge in [0, 0.05) is 36.2 Å². The summed E-state index contributed by atoms with van der Waals surface area (Å²) in [7, 11) is -5.82. The van der Waals surface area contributed by atoms with Crippen molar-refractivity contribution in [3.8, 4) is 5.75 Å². The average molecular weight is 633 g/mol. The zero-order valence-corrected chi connectivity index (χ0v) is 24.6. The van der Waals surface area contributed by atoms with Gasteiger partial charge in [0.15, 0.2) is 0 Å². The maximum Gasteiger partial charge on any atom is 0.243 e. The first-order valence-electron chi connectivity index (χ1n) is 12.4. The maximum atomic E-state index is 13.1. The van der Waals surface area contributed by atoms with Crippen LogP contribution < -0.4 is 14.8 Å². The number of piperidine rings is 1. The zero-order valence-electron chi connectivity index (χ0n) is 21.4. The quantitative estimate of drug-likeness (QED) is 0.363. The summed E-state index contributed by atoms with van der Waals surface area (Å²) < 4.78 is 66.4. The molecule has 2 aromatic carbocycles. The minimum absolute atomic E-state index is 0.00326. The minimum atomic E-state index is -3.58. The first-order chi connectivity index (χ1) is 17.9. The van der Waals surface area contributed by atoms with Crippen LogP contribution in [0.3, 0.4) is 0 Å². The van der Waals surface area contributed by atoms with Crippen molar-refractivity contribution >= 4 is 36.0 Å². The topological polar surface area (TPSA) is 134 Å². The molecule has 2 aliphatic heterocycles. The van der Waals surface area contributed by atoms with E-state index in [0.29, 0.717) is 38.3 Å². The fraction of sp³-hybridized carbons (Fsp3) is 0.520. The average Bonchev–Trinajstić information content (AvgIpc) is 3.30. The van der Waals surface area contributed by atoms with Crippen LogP contribution in [0.1, 0.15) is 24.8 Å². The maximum absolute atomic E-state index is 13.1. The molecule has 2 atom stereocenters. The molecule has 0 bridgehead atoms. The molecule has 38 heavy (non-hydrogen) atoms. The van der Waals surface area contributed by atoms with Gasteiger partial charge in [-0.3, -0.25) is 0 Å². The lowest BCUT2D eigenvalue weighted by molar-refractivity contribution is -0.0312. The van der Waals surface area contributed by atoms with Crippen LogP contribution in [-0.2, 0) is 24.8 Å². The number of aliphatic hydroxyl groups excluding tert-OH is 1. The van der Waals surface area contributed by atoms with E-state index in [2.05, 4.69) is 26.0 Å². The highest BCUT2D eigenvalue weighted by atomic mass is 79.9. The van der Waals surface area contributed by atoms with Crippen molar-refractivity contribution in [2.45, 2.75) is 53.7 Å². The Morgan fingerprint density at radius 3 is 2.58 bits per heavy atom. The molecule has 2 fully saturated rings. The Morgan fingerprint density at radius 2 is 1.89 bits per heavy atom. The van der Waals surface area contributed by atoms with Crippen molar-refractivity contribution < 1.29 is 31.4 Å². The molecule has 3 N–H and O–H groups in total. The third-order valence-corrected chi connectivity index (χ3v) is 11.3. The summed E-state index contributed by atoms with van der Waals surface area (Å²) in [6.07, 6.45) is 1.13. The van der Waals surface area contributed by atoms with Crippen LogP contribution in [0, 0.1) is 6.92 Å². The van der Waals surface area contributed by atoms with Crippen molar-refractivity contribution in [3.63, 3.8) is 0 Å². The molecule has 2 aliphatic rings. The fourth-order valence-electron chi connectivity index (χ4n) is 4.74. The molecule has 1 spiro atoms. The van der Waals surface area contributed by atoms with E-state index >= 15 is 0 Å². The van der Waals surface area contributed by atoms with Gasteiger partial charge in [-0.15, -0.1) is 0 Å². The summed E-state index contributed by atoms with van der Waals surface area (Å²) in [6, 6.07) is 11.2. The molecule has 4 rings (SSSR count). The van der Waals surface area contributed by atoms with Gasteiger partial charge in [0.2, 0.25) is 20.0 Å². The highest BCUT2D eigenvalue weighted by molar-refractivity contribution is 9.10. The molecule has 2 aromatic rings. The van der Waals surface area contributed by atoms with Gasteiger partial charge in [0.25, 0.3) is 0 Å². The van der Waals surface area contributed by atoms with E-state index in [-0.39, 0.29) is 34.6 Å². The summed E-state index contributed by atoms with van der Waals surface area (Å²) in [5, 5.41) is 13.7. The van der Waals surface area contributed by atoms with E-state index in [1.165, 1.54) is 23.5 Å². The Labute approximate surface area is 232 Å². The predicted molar refractivity (Wildman–Crippen MR) is 146 cm³/mol. The van der Waals surface area contributed by atoms with Crippen molar-refractivity contribution in [1.29, 1.82) is 0 Å². The number of aryl methyl sites for hydroxylation is 1. The summed E-state index contributed by atoms with van der Waals surface area (Å²) in [6.45, 7) is 3.45. The number of nitrogens with one attached hydrogen (secondary N) is 2. The summed E-state index contributed by atoms with van der Waals surface area (Å²) in [4.78, 5) is 0.369. The molecule has 1 unspecified atom stereocenters. The molecule has 210 valence electrons. The molecule has 2 saturated heterocycles. The van der Waals surface area contributed by atoms with Gasteiger partial charge in [-0.1, -0.05) is 28.1 Å². The minimum Gasteiger partial charge on any atom is -0.491 e. The van der Waals surface area contributed by atoms with Crippen LogP contribution in [-0.4, -0.2) is 83.9 Å². The molecule has 0 aromatic heterocycles. The van der Waals surface area contributed by atoms with Crippen LogP contribution in [0.25, 0.3) is 0 Å². The lowest BCUT2D eigenvalue weighted by Crippen LogP contribution is -2.47. The van der Waals surface area contributed by atoms with E-state index in [0.717, 1.165) is 16.5 Å². The predicted octanol–water partition coefficient (Wildman–Crippen LogP) is 2.01. The van der Waals surface area contributed by atoms with Crippen molar-refractivity contribution in [2.24, 2.45) is 0 Å². The van der Waals surface area contributed by atoms with Crippen LogP contribution in [0.5, 0.6) is 5.75 Å². The smallest absolute Gasteiger partial charge is 0.243 e. The first-order valence-corrected chi connectivity index (χ1v) is 16.1. The van der Waals surface area contributed by atoms with E-state index < -0.39 is 26.2 Å². The molecular formula is C25H34BrN3O7S2. The highest BCUT2D eigenvalue weighted by Crippen LogP contribution is 2.37. The monoisotopic (exact) mass is 631 g/mol. The Bertz CT molecular complexity index is 1350. The van der Waals surface area contributed by atoms with E-state index in [4.69, 9.17) is 9.47 Å². The van der Waals surface area contributed by atoms with Crippen LogP contribution in [0.15, 0.2) is 56.7 Å². The van der Waals surface area contributed by atoms with Gasteiger partial charge in [0.1, 0.15) is 18.5 Å². The number of halogens is 1. The number of hydrogen-bond donors (Lipinski definition) is 3. The third-order valence-electron chi connectivity index (χ3n) is 7.09. The van der Waals surface area contributed by atoms with Gasteiger partial charge in [-0.05, 0) is 63.1 Å². The Hall–Kier alpha value is -1.58. The molecule has 2 heterocycles. The molecule has 0 amide bonds. The van der Waals surface area contributed by atoms with E-state index in [1.807, 2.05) is 6.92 Å². The molecule has 0 radical (unpaired) electrons. The lowest BCUT2D eigenvalue weighted by atomic mass is 9.88.